The van der Waals surface area contributed by atoms with Crippen LogP contribution < -0.4 is 0 Å². The van der Waals surface area contributed by atoms with Gasteiger partial charge in [0.25, 0.3) is 0 Å². The zero-order chi connectivity index (χ0) is 17.4. The molecule has 24 heavy (non-hydrogen) atoms. The second-order valence-corrected chi connectivity index (χ2v) is 9.54. The van der Waals surface area contributed by atoms with Crippen molar-refractivity contribution in [1.29, 1.82) is 0 Å². The number of hydrogen-bond acceptors (Lipinski definition) is 5. The second-order valence-electron chi connectivity index (χ2n) is 9.54. The summed E-state index contributed by atoms with van der Waals surface area (Å²) in [5.41, 5.74) is -0.436. The number of hydrogen-bond donors (Lipinski definition) is 5. The molecule has 6 unspecified atom stereocenters. The molecule has 0 aromatic rings. The smallest absolute Gasteiger partial charge is 0.0861 e. The maximum absolute atomic E-state index is 11.0. The maximum atomic E-state index is 11.0. The molecule has 0 bridgehead atoms. The Morgan fingerprint density at radius 2 is 1.29 bits per heavy atom. The molecule has 0 amide bonds. The lowest BCUT2D eigenvalue weighted by atomic mass is 9.43. The van der Waals surface area contributed by atoms with Crippen LogP contribution in [0.1, 0.15) is 52.4 Å². The standard InChI is InChI=1S/C19H32O5/c1-18-7-5-10-13(9(18)3-4-12(18)21)16(23)17(24)14-15(22)11(20)6-8-19(10,14)2/h9-17,20-24H,3-8H2,1-2H3/t9-,10+,11?,12?,13-,14?,15?,16?,17?,18-,19+/m0/s1. The third-order valence-corrected chi connectivity index (χ3v) is 8.74. The van der Waals surface area contributed by atoms with E-state index in [-0.39, 0.29) is 34.7 Å². The van der Waals surface area contributed by atoms with Crippen molar-refractivity contribution in [3.8, 4) is 0 Å². The summed E-state index contributed by atoms with van der Waals surface area (Å²) >= 11 is 0. The molecule has 4 rings (SSSR count). The van der Waals surface area contributed by atoms with E-state index in [2.05, 4.69) is 13.8 Å². The minimum absolute atomic E-state index is 0.0282. The fourth-order valence-electron chi connectivity index (χ4n) is 7.30. The topological polar surface area (TPSA) is 101 Å². The molecule has 4 saturated carbocycles. The monoisotopic (exact) mass is 340 g/mol. The first kappa shape index (κ1) is 17.2. The van der Waals surface area contributed by atoms with Crippen LogP contribution in [0, 0.1) is 34.5 Å². The fraction of sp³-hybridized carbons (Fsp3) is 1.00. The Kier molecular flexibility index (Phi) is 3.87. The van der Waals surface area contributed by atoms with Gasteiger partial charge in [-0.2, -0.15) is 0 Å². The van der Waals surface area contributed by atoms with E-state index < -0.39 is 30.3 Å². The Bertz CT molecular complexity index is 512. The molecule has 0 spiro atoms. The van der Waals surface area contributed by atoms with Crippen molar-refractivity contribution in [3.63, 3.8) is 0 Å². The molecule has 0 aliphatic heterocycles. The van der Waals surface area contributed by atoms with E-state index in [4.69, 9.17) is 0 Å². The molecule has 5 heteroatoms. The highest BCUT2D eigenvalue weighted by molar-refractivity contribution is 5.15. The highest BCUT2D eigenvalue weighted by Crippen LogP contribution is 2.66. The molecule has 0 saturated heterocycles. The van der Waals surface area contributed by atoms with Gasteiger partial charge in [-0.25, -0.2) is 0 Å². The minimum Gasteiger partial charge on any atom is -0.393 e. The number of aliphatic hydroxyl groups excluding tert-OH is 5. The second kappa shape index (κ2) is 5.40. The molecule has 0 aromatic heterocycles. The highest BCUT2D eigenvalue weighted by atomic mass is 16.3. The molecule has 4 aliphatic rings. The predicted octanol–water partition coefficient (Wildman–Crippen LogP) is 0.663. The van der Waals surface area contributed by atoms with Crippen LogP contribution in [0.4, 0.5) is 0 Å². The van der Waals surface area contributed by atoms with Crippen molar-refractivity contribution < 1.29 is 25.5 Å². The van der Waals surface area contributed by atoms with E-state index in [0.29, 0.717) is 6.42 Å². The predicted molar refractivity (Wildman–Crippen MR) is 87.9 cm³/mol. The lowest BCUT2D eigenvalue weighted by molar-refractivity contribution is -0.252. The van der Waals surface area contributed by atoms with Crippen LogP contribution in [0.2, 0.25) is 0 Å². The van der Waals surface area contributed by atoms with Gasteiger partial charge in [-0.1, -0.05) is 13.8 Å². The molecule has 4 fully saturated rings. The average molecular weight is 340 g/mol. The van der Waals surface area contributed by atoms with E-state index in [1.165, 1.54) is 0 Å². The van der Waals surface area contributed by atoms with Crippen LogP contribution in [-0.4, -0.2) is 56.1 Å². The Labute approximate surface area is 143 Å². The molecule has 0 heterocycles. The molecule has 4 aliphatic carbocycles. The maximum Gasteiger partial charge on any atom is 0.0861 e. The zero-order valence-electron chi connectivity index (χ0n) is 14.7. The quantitative estimate of drug-likeness (QED) is 0.446. The van der Waals surface area contributed by atoms with Crippen molar-refractivity contribution in [1.82, 2.24) is 0 Å². The third kappa shape index (κ3) is 1.99. The Morgan fingerprint density at radius 1 is 0.667 bits per heavy atom. The van der Waals surface area contributed by atoms with Gasteiger partial charge < -0.3 is 25.5 Å². The van der Waals surface area contributed by atoms with Crippen molar-refractivity contribution in [2.75, 3.05) is 0 Å². The largest absolute Gasteiger partial charge is 0.393 e. The highest BCUT2D eigenvalue weighted by Gasteiger charge is 2.66. The van der Waals surface area contributed by atoms with Gasteiger partial charge in [0.2, 0.25) is 0 Å². The zero-order valence-corrected chi connectivity index (χ0v) is 14.7. The molecule has 5 nitrogen and oxygen atoms in total. The Balaban J connectivity index is 1.74. The van der Waals surface area contributed by atoms with E-state index in [1.54, 1.807) is 0 Å². The fourth-order valence-corrected chi connectivity index (χ4v) is 7.30. The van der Waals surface area contributed by atoms with Gasteiger partial charge in [0.05, 0.1) is 30.5 Å². The molecular weight excluding hydrogens is 308 g/mol. The molecule has 5 N–H and O–H groups in total. The summed E-state index contributed by atoms with van der Waals surface area (Å²) in [6.45, 7) is 4.27. The summed E-state index contributed by atoms with van der Waals surface area (Å²) in [5.74, 6) is -0.0585. The summed E-state index contributed by atoms with van der Waals surface area (Å²) in [6, 6.07) is 0. The van der Waals surface area contributed by atoms with E-state index in [0.717, 1.165) is 32.1 Å². The molecule has 0 radical (unpaired) electrons. The Hall–Kier alpha value is -0.200. The van der Waals surface area contributed by atoms with E-state index in [1.807, 2.05) is 0 Å². The van der Waals surface area contributed by atoms with Crippen LogP contribution in [0.5, 0.6) is 0 Å². The minimum atomic E-state index is -1.01. The van der Waals surface area contributed by atoms with E-state index >= 15 is 0 Å². The number of aliphatic hydroxyl groups is 5. The van der Waals surface area contributed by atoms with Crippen LogP contribution in [0.25, 0.3) is 0 Å². The van der Waals surface area contributed by atoms with Gasteiger partial charge in [-0.3, -0.25) is 0 Å². The summed E-state index contributed by atoms with van der Waals surface area (Å²) in [6.07, 6.45) is 0.820. The van der Waals surface area contributed by atoms with Gasteiger partial charge in [-0.15, -0.1) is 0 Å². The number of rotatable bonds is 0. The average Bonchev–Trinajstić information content (AvgIpc) is 2.84. The Morgan fingerprint density at radius 3 is 2.00 bits per heavy atom. The first-order chi connectivity index (χ1) is 11.2. The van der Waals surface area contributed by atoms with Crippen molar-refractivity contribution >= 4 is 0 Å². The van der Waals surface area contributed by atoms with Crippen LogP contribution in [0.15, 0.2) is 0 Å². The van der Waals surface area contributed by atoms with Crippen molar-refractivity contribution in [3.05, 3.63) is 0 Å². The summed E-state index contributed by atoms with van der Waals surface area (Å²) in [5, 5.41) is 52.9. The van der Waals surface area contributed by atoms with Crippen molar-refractivity contribution in [2.45, 2.75) is 82.9 Å². The van der Waals surface area contributed by atoms with Crippen molar-refractivity contribution in [2.24, 2.45) is 34.5 Å². The molecule has 0 aromatic carbocycles. The number of fused-ring (bicyclic) bond motifs is 5. The van der Waals surface area contributed by atoms with Crippen LogP contribution >= 0.6 is 0 Å². The van der Waals surface area contributed by atoms with E-state index in [9.17, 15) is 25.5 Å². The SMILES string of the molecule is C[C@]12CCC(O)C(O)C1C(O)C(O)[C@@H]1[C@H]2CC[C@]2(C)C(O)CC[C@@H]12. The molecule has 138 valence electrons. The lowest BCUT2D eigenvalue weighted by Crippen LogP contribution is -2.67. The summed E-state index contributed by atoms with van der Waals surface area (Å²) in [7, 11) is 0. The van der Waals surface area contributed by atoms with Gasteiger partial charge in [0.15, 0.2) is 0 Å². The summed E-state index contributed by atoms with van der Waals surface area (Å²) < 4.78 is 0. The first-order valence-corrected chi connectivity index (χ1v) is 9.62. The first-order valence-electron chi connectivity index (χ1n) is 9.62. The van der Waals surface area contributed by atoms with Gasteiger partial charge in [0, 0.05) is 5.92 Å². The molecular formula is C19H32O5. The molecule has 11 atom stereocenters. The van der Waals surface area contributed by atoms with Crippen LogP contribution in [-0.2, 0) is 0 Å². The van der Waals surface area contributed by atoms with Gasteiger partial charge in [0.1, 0.15) is 0 Å². The normalized spacial score (nSPS) is 63.4. The lowest BCUT2D eigenvalue weighted by Gasteiger charge is -2.64. The van der Waals surface area contributed by atoms with Gasteiger partial charge in [-0.05, 0) is 67.1 Å². The van der Waals surface area contributed by atoms with Crippen LogP contribution in [0.3, 0.4) is 0 Å². The van der Waals surface area contributed by atoms with Gasteiger partial charge >= 0.3 is 0 Å². The third-order valence-electron chi connectivity index (χ3n) is 8.74. The summed E-state index contributed by atoms with van der Waals surface area (Å²) in [4.78, 5) is 0.